The minimum absolute atomic E-state index is 0.0434. The number of carbonyl (C=O) groups excluding carboxylic acids is 2. The fraction of sp³-hybridized carbons (Fsp3) is 0.702. The van der Waals surface area contributed by atoms with E-state index in [9.17, 15) is 19.0 Å². The molecular weight excluding hydrogens is 737 g/mol. The first-order chi connectivity index (χ1) is 27.5. The van der Waals surface area contributed by atoms with Crippen LogP contribution in [-0.4, -0.2) is 70.0 Å². The topological polar surface area (TPSA) is 111 Å². The van der Waals surface area contributed by atoms with Gasteiger partial charge in [0.15, 0.2) is 6.10 Å². The van der Waals surface area contributed by atoms with Gasteiger partial charge < -0.3 is 27.9 Å². The monoisotopic (exact) mass is 820 g/mol. The molecule has 0 spiro atoms. The second-order valence-corrected chi connectivity index (χ2v) is 17.1. The number of hydrogen-bond acceptors (Lipinski definition) is 8. The van der Waals surface area contributed by atoms with Gasteiger partial charge in [-0.05, 0) is 83.5 Å². The van der Waals surface area contributed by atoms with E-state index < -0.39 is 32.5 Å². The van der Waals surface area contributed by atoms with E-state index in [2.05, 4.69) is 86.8 Å². The predicted octanol–water partition coefficient (Wildman–Crippen LogP) is 12.0. The summed E-state index contributed by atoms with van der Waals surface area (Å²) in [6.45, 7) is 4.08. The van der Waals surface area contributed by atoms with E-state index in [0.717, 1.165) is 83.5 Å². The number of esters is 2. The summed E-state index contributed by atoms with van der Waals surface area (Å²) in [5.41, 5.74) is 0. The molecule has 0 heterocycles. The molecule has 0 aliphatic heterocycles. The zero-order valence-corrected chi connectivity index (χ0v) is 37.7. The Labute approximate surface area is 348 Å². The first-order valence-electron chi connectivity index (χ1n) is 22.1. The van der Waals surface area contributed by atoms with Crippen molar-refractivity contribution < 1.29 is 42.1 Å². The van der Waals surface area contributed by atoms with Gasteiger partial charge in [-0.3, -0.25) is 14.2 Å². The number of carbonyl (C=O) groups is 2. The highest BCUT2D eigenvalue weighted by atomic mass is 31.2. The normalized spacial score (nSPS) is 14.3. The maximum absolute atomic E-state index is 12.7. The fourth-order valence-electron chi connectivity index (χ4n) is 5.42. The molecule has 0 radical (unpaired) electrons. The van der Waals surface area contributed by atoms with Gasteiger partial charge in [0.1, 0.15) is 19.8 Å². The number of quaternary nitrogens is 1. The average molecular weight is 820 g/mol. The van der Waals surface area contributed by atoms with Crippen LogP contribution in [0.25, 0.3) is 0 Å². The van der Waals surface area contributed by atoms with Crippen LogP contribution in [0.4, 0.5) is 0 Å². The molecule has 0 saturated heterocycles. The molecule has 0 amide bonds. The van der Waals surface area contributed by atoms with E-state index in [1.165, 1.54) is 38.5 Å². The van der Waals surface area contributed by atoms with Crippen LogP contribution >= 0.6 is 7.82 Å². The molecule has 0 aromatic heterocycles. The number of allylic oxidation sites excluding steroid dienone is 12. The van der Waals surface area contributed by atoms with E-state index in [4.69, 9.17) is 18.5 Å². The van der Waals surface area contributed by atoms with Crippen LogP contribution in [0.1, 0.15) is 162 Å². The first kappa shape index (κ1) is 54.5. The lowest BCUT2D eigenvalue weighted by Gasteiger charge is -2.28. The van der Waals surface area contributed by atoms with Crippen molar-refractivity contribution in [3.63, 3.8) is 0 Å². The second-order valence-electron chi connectivity index (χ2n) is 15.7. The van der Waals surface area contributed by atoms with Crippen LogP contribution in [-0.2, 0) is 32.7 Å². The molecule has 0 aliphatic carbocycles. The summed E-state index contributed by atoms with van der Waals surface area (Å²) in [6.07, 6.45) is 47.8. The summed E-state index contributed by atoms with van der Waals surface area (Å²) in [5.74, 6) is -0.894. The molecular formula is C47H82NO8P. The summed E-state index contributed by atoms with van der Waals surface area (Å²) in [7, 11) is 1.12. The predicted molar refractivity (Wildman–Crippen MR) is 236 cm³/mol. The molecule has 0 N–H and O–H groups in total. The number of unbranched alkanes of at least 4 members (excludes halogenated alkanes) is 13. The van der Waals surface area contributed by atoms with Crippen molar-refractivity contribution in [1.29, 1.82) is 0 Å². The molecule has 57 heavy (non-hydrogen) atoms. The Bertz CT molecular complexity index is 1200. The van der Waals surface area contributed by atoms with E-state index in [1.54, 1.807) is 0 Å². The zero-order chi connectivity index (χ0) is 42.1. The Morgan fingerprint density at radius 2 is 0.965 bits per heavy atom. The number of ether oxygens (including phenoxy) is 2. The SMILES string of the molecule is CCCC/C=C\C/C=C\CCCCCCCC(=O)OC[C@H](COP(=O)([O-])OCC[N+](C)(C)C)OC(=O)CCCCC/C=C\C/C=C\C/C=C\C/C=C\CCCCC. The van der Waals surface area contributed by atoms with Crippen molar-refractivity contribution >= 4 is 19.8 Å². The zero-order valence-electron chi connectivity index (χ0n) is 36.8. The highest BCUT2D eigenvalue weighted by molar-refractivity contribution is 7.45. The molecule has 1 unspecified atom stereocenters. The Kier molecular flexibility index (Phi) is 37.2. The van der Waals surface area contributed by atoms with Crippen LogP contribution in [0.3, 0.4) is 0 Å². The van der Waals surface area contributed by atoms with E-state index in [-0.39, 0.29) is 26.1 Å². The lowest BCUT2D eigenvalue weighted by molar-refractivity contribution is -0.870. The molecule has 0 fully saturated rings. The number of phosphoric ester groups is 1. The summed E-state index contributed by atoms with van der Waals surface area (Å²) in [5, 5.41) is 0. The van der Waals surface area contributed by atoms with Gasteiger partial charge in [-0.1, -0.05) is 138 Å². The van der Waals surface area contributed by atoms with Gasteiger partial charge in [-0.15, -0.1) is 0 Å². The van der Waals surface area contributed by atoms with Gasteiger partial charge in [0.25, 0.3) is 7.82 Å². The van der Waals surface area contributed by atoms with Crippen molar-refractivity contribution in [3.8, 4) is 0 Å². The quantitative estimate of drug-likeness (QED) is 0.0198. The second kappa shape index (κ2) is 38.9. The standard InChI is InChI=1S/C47H82NO8P/c1-6-8-10-12-14-16-18-20-22-23-24-25-26-28-30-32-34-36-38-40-47(50)56-45(44-55-57(51,52)54-42-41-48(3,4)5)43-53-46(49)39-37-35-33-31-29-27-21-19-17-15-13-11-9-7-2/h13-16,19-22,24-25,28,30,45H,6-12,17-18,23,26-27,29,31-44H2,1-5H3/b15-13-,16-14-,21-19-,22-20-,25-24-,30-28-/t45-/m1/s1. The van der Waals surface area contributed by atoms with Gasteiger partial charge in [0.2, 0.25) is 0 Å². The Morgan fingerprint density at radius 3 is 1.47 bits per heavy atom. The number of likely N-dealkylation sites (N-methyl/N-ethyl adjacent to an activating group) is 1. The molecule has 0 bridgehead atoms. The van der Waals surface area contributed by atoms with Crippen LogP contribution in [0.2, 0.25) is 0 Å². The molecule has 0 aliphatic rings. The molecule has 9 nitrogen and oxygen atoms in total. The highest BCUT2D eigenvalue weighted by Crippen LogP contribution is 2.38. The van der Waals surface area contributed by atoms with Gasteiger partial charge in [-0.2, -0.15) is 0 Å². The van der Waals surface area contributed by atoms with Gasteiger partial charge in [-0.25, -0.2) is 0 Å². The highest BCUT2D eigenvalue weighted by Gasteiger charge is 2.21. The van der Waals surface area contributed by atoms with Gasteiger partial charge in [0.05, 0.1) is 27.7 Å². The van der Waals surface area contributed by atoms with Crippen LogP contribution in [0.15, 0.2) is 72.9 Å². The molecule has 0 aromatic rings. The van der Waals surface area contributed by atoms with Crippen molar-refractivity contribution in [3.05, 3.63) is 72.9 Å². The number of nitrogens with zero attached hydrogens (tertiary/aromatic N) is 1. The van der Waals surface area contributed by atoms with Crippen LogP contribution in [0.5, 0.6) is 0 Å². The Morgan fingerprint density at radius 1 is 0.544 bits per heavy atom. The third kappa shape index (κ3) is 42.9. The fourth-order valence-corrected chi connectivity index (χ4v) is 6.15. The van der Waals surface area contributed by atoms with Crippen molar-refractivity contribution in [2.75, 3.05) is 47.5 Å². The third-order valence-corrected chi connectivity index (χ3v) is 9.91. The van der Waals surface area contributed by atoms with Crippen LogP contribution in [0, 0.1) is 0 Å². The van der Waals surface area contributed by atoms with E-state index >= 15 is 0 Å². The largest absolute Gasteiger partial charge is 0.756 e. The maximum Gasteiger partial charge on any atom is 0.306 e. The lowest BCUT2D eigenvalue weighted by atomic mass is 10.1. The lowest BCUT2D eigenvalue weighted by Crippen LogP contribution is -2.37. The number of hydrogen-bond donors (Lipinski definition) is 0. The summed E-state index contributed by atoms with van der Waals surface area (Å²) >= 11 is 0. The Balaban J connectivity index is 4.46. The number of phosphoric acid groups is 1. The maximum atomic E-state index is 12.7. The van der Waals surface area contributed by atoms with Crippen molar-refractivity contribution in [2.45, 2.75) is 168 Å². The minimum atomic E-state index is -4.64. The molecule has 0 saturated carbocycles. The average Bonchev–Trinajstić information content (AvgIpc) is 3.16. The first-order valence-corrected chi connectivity index (χ1v) is 23.6. The molecule has 0 aromatic carbocycles. The Hall–Kier alpha value is -2.55. The summed E-state index contributed by atoms with van der Waals surface area (Å²) in [6, 6.07) is 0. The van der Waals surface area contributed by atoms with Gasteiger partial charge >= 0.3 is 11.9 Å². The van der Waals surface area contributed by atoms with Crippen molar-refractivity contribution in [2.24, 2.45) is 0 Å². The van der Waals surface area contributed by atoms with E-state index in [0.29, 0.717) is 23.9 Å². The summed E-state index contributed by atoms with van der Waals surface area (Å²) < 4.78 is 33.8. The summed E-state index contributed by atoms with van der Waals surface area (Å²) in [4.78, 5) is 37.5. The number of rotatable bonds is 39. The minimum Gasteiger partial charge on any atom is -0.756 e. The molecule has 10 heteroatoms. The molecule has 2 atom stereocenters. The van der Waals surface area contributed by atoms with Gasteiger partial charge in [0, 0.05) is 12.8 Å². The smallest absolute Gasteiger partial charge is 0.306 e. The van der Waals surface area contributed by atoms with Crippen LogP contribution < -0.4 is 4.89 Å². The van der Waals surface area contributed by atoms with Crippen molar-refractivity contribution in [1.82, 2.24) is 0 Å². The third-order valence-electron chi connectivity index (χ3n) is 8.95. The molecule has 0 rings (SSSR count). The molecule has 328 valence electrons. The van der Waals surface area contributed by atoms with E-state index in [1.807, 2.05) is 21.1 Å².